The summed E-state index contributed by atoms with van der Waals surface area (Å²) in [6.45, 7) is 0.390. The number of rotatable bonds is 5. The predicted molar refractivity (Wildman–Crippen MR) is 101 cm³/mol. The first kappa shape index (κ1) is 17.3. The van der Waals surface area contributed by atoms with Gasteiger partial charge < -0.3 is 10.2 Å². The second-order valence-electron chi connectivity index (χ2n) is 5.59. The zero-order valence-corrected chi connectivity index (χ0v) is 15.5. The van der Waals surface area contributed by atoms with Crippen LogP contribution in [0, 0.1) is 0 Å². The number of aromatic nitrogens is 1. The normalized spacial score (nSPS) is 10.5. The van der Waals surface area contributed by atoms with Gasteiger partial charge in [0.05, 0.1) is 4.88 Å². The molecule has 0 aliphatic carbocycles. The van der Waals surface area contributed by atoms with Crippen LogP contribution in [0.4, 0.5) is 0 Å². The summed E-state index contributed by atoms with van der Waals surface area (Å²) in [6, 6.07) is 11.2. The number of hydrogen-bond acceptors (Lipinski definition) is 5. The third-order valence-electron chi connectivity index (χ3n) is 3.53. The van der Waals surface area contributed by atoms with Crippen molar-refractivity contribution in [3.8, 4) is 9.88 Å². The zero-order chi connectivity index (χ0) is 17.8. The van der Waals surface area contributed by atoms with Gasteiger partial charge in [0.1, 0.15) is 10.7 Å². The number of thiazole rings is 1. The largest absolute Gasteiger partial charge is 0.347 e. The van der Waals surface area contributed by atoms with Gasteiger partial charge in [-0.1, -0.05) is 18.2 Å². The Bertz CT molecular complexity index is 868. The van der Waals surface area contributed by atoms with E-state index in [0.717, 1.165) is 15.4 Å². The topological polar surface area (TPSA) is 62.3 Å². The second-order valence-corrected chi connectivity index (χ2v) is 7.40. The molecule has 0 aliphatic heterocycles. The summed E-state index contributed by atoms with van der Waals surface area (Å²) in [5.74, 6) is -0.244. The Balaban J connectivity index is 1.60. The van der Waals surface area contributed by atoms with Crippen molar-refractivity contribution in [2.75, 3.05) is 14.1 Å². The van der Waals surface area contributed by atoms with Crippen LogP contribution in [-0.4, -0.2) is 35.8 Å². The van der Waals surface area contributed by atoms with Crippen molar-refractivity contribution < 1.29 is 9.59 Å². The maximum atomic E-state index is 12.2. The minimum absolute atomic E-state index is 0.0424. The third-order valence-corrected chi connectivity index (χ3v) is 5.41. The van der Waals surface area contributed by atoms with Crippen LogP contribution in [0.3, 0.4) is 0 Å². The maximum absolute atomic E-state index is 12.2. The minimum atomic E-state index is -0.201. The van der Waals surface area contributed by atoms with E-state index in [1.54, 1.807) is 42.9 Å². The lowest BCUT2D eigenvalue weighted by atomic mass is 10.1. The lowest BCUT2D eigenvalue weighted by Crippen LogP contribution is -2.23. The van der Waals surface area contributed by atoms with Crippen molar-refractivity contribution in [1.29, 1.82) is 0 Å². The third kappa shape index (κ3) is 4.12. The molecule has 128 valence electrons. The summed E-state index contributed by atoms with van der Waals surface area (Å²) >= 11 is 3.06. The molecule has 0 spiro atoms. The molecule has 5 nitrogen and oxygen atoms in total. The molecule has 0 radical (unpaired) electrons. The van der Waals surface area contributed by atoms with Crippen LogP contribution in [0.15, 0.2) is 47.2 Å². The number of hydrogen-bond donors (Lipinski definition) is 1. The van der Waals surface area contributed by atoms with Crippen molar-refractivity contribution in [1.82, 2.24) is 15.2 Å². The van der Waals surface area contributed by atoms with Crippen molar-refractivity contribution in [2.24, 2.45) is 0 Å². The summed E-state index contributed by atoms with van der Waals surface area (Å²) in [4.78, 5) is 31.1. The average Bonchev–Trinajstić information content (AvgIpc) is 3.30. The molecular formula is C18H17N3O2S2. The van der Waals surface area contributed by atoms with Crippen LogP contribution in [-0.2, 0) is 6.54 Å². The molecule has 3 aromatic rings. The van der Waals surface area contributed by atoms with Crippen LogP contribution >= 0.6 is 22.7 Å². The number of nitrogens with one attached hydrogen (secondary N) is 1. The molecular weight excluding hydrogens is 354 g/mol. The monoisotopic (exact) mass is 371 g/mol. The first-order valence-corrected chi connectivity index (χ1v) is 9.38. The molecule has 2 heterocycles. The molecule has 7 heteroatoms. The quantitative estimate of drug-likeness (QED) is 0.747. The van der Waals surface area contributed by atoms with Gasteiger partial charge in [0.15, 0.2) is 0 Å². The predicted octanol–water partition coefficient (Wildman–Crippen LogP) is 3.50. The molecule has 2 aromatic heterocycles. The molecule has 1 aromatic carbocycles. The minimum Gasteiger partial charge on any atom is -0.347 e. The van der Waals surface area contributed by atoms with Gasteiger partial charge in [0, 0.05) is 31.6 Å². The highest BCUT2D eigenvalue weighted by molar-refractivity contribution is 7.20. The highest BCUT2D eigenvalue weighted by Crippen LogP contribution is 2.27. The Kier molecular flexibility index (Phi) is 5.25. The second kappa shape index (κ2) is 7.58. The Hall–Kier alpha value is -2.51. The van der Waals surface area contributed by atoms with Crippen molar-refractivity contribution >= 4 is 34.5 Å². The van der Waals surface area contributed by atoms with Crippen LogP contribution in [0.1, 0.15) is 26.4 Å². The van der Waals surface area contributed by atoms with E-state index in [2.05, 4.69) is 10.3 Å². The zero-order valence-electron chi connectivity index (χ0n) is 13.9. The van der Waals surface area contributed by atoms with Crippen molar-refractivity contribution in [3.05, 3.63) is 64.0 Å². The van der Waals surface area contributed by atoms with Crippen LogP contribution in [0.2, 0.25) is 0 Å². The van der Waals surface area contributed by atoms with E-state index in [1.165, 1.54) is 16.2 Å². The fourth-order valence-corrected chi connectivity index (χ4v) is 3.80. The van der Waals surface area contributed by atoms with E-state index in [4.69, 9.17) is 0 Å². The number of amides is 2. The molecule has 0 atom stereocenters. The van der Waals surface area contributed by atoms with Crippen molar-refractivity contribution in [2.45, 2.75) is 6.54 Å². The van der Waals surface area contributed by atoms with Gasteiger partial charge >= 0.3 is 0 Å². The Morgan fingerprint density at radius 3 is 2.52 bits per heavy atom. The first-order chi connectivity index (χ1) is 12.0. The molecule has 2 amide bonds. The highest BCUT2D eigenvalue weighted by Gasteiger charge is 2.12. The molecule has 0 bridgehead atoms. The Labute approximate surface area is 154 Å². The Morgan fingerprint density at radius 2 is 1.88 bits per heavy atom. The van der Waals surface area contributed by atoms with E-state index in [-0.39, 0.29) is 11.8 Å². The molecule has 0 saturated carbocycles. The van der Waals surface area contributed by atoms with Crippen LogP contribution in [0.25, 0.3) is 9.88 Å². The fourth-order valence-electron chi connectivity index (χ4n) is 2.19. The van der Waals surface area contributed by atoms with Gasteiger partial charge in [0.2, 0.25) is 0 Å². The van der Waals surface area contributed by atoms with Gasteiger partial charge in [-0.2, -0.15) is 0 Å². The molecule has 25 heavy (non-hydrogen) atoms. The maximum Gasteiger partial charge on any atom is 0.271 e. The molecule has 1 N–H and O–H groups in total. The fraction of sp³-hybridized carbons (Fsp3) is 0.167. The smallest absolute Gasteiger partial charge is 0.271 e. The van der Waals surface area contributed by atoms with E-state index in [1.807, 2.05) is 29.6 Å². The highest BCUT2D eigenvalue weighted by atomic mass is 32.1. The van der Waals surface area contributed by atoms with Gasteiger partial charge in [-0.25, -0.2) is 4.98 Å². The number of nitrogens with zero attached hydrogens (tertiary/aromatic N) is 2. The summed E-state index contributed by atoms with van der Waals surface area (Å²) in [5, 5.41) is 7.47. The van der Waals surface area contributed by atoms with Gasteiger partial charge in [-0.05, 0) is 29.1 Å². The molecule has 0 aliphatic rings. The number of benzene rings is 1. The Morgan fingerprint density at radius 1 is 1.12 bits per heavy atom. The van der Waals surface area contributed by atoms with Gasteiger partial charge in [0.25, 0.3) is 11.8 Å². The lowest BCUT2D eigenvalue weighted by molar-refractivity contribution is 0.0827. The lowest BCUT2D eigenvalue weighted by Gasteiger charge is -2.10. The molecule has 0 unspecified atom stereocenters. The molecule has 3 rings (SSSR count). The van der Waals surface area contributed by atoms with E-state index >= 15 is 0 Å². The summed E-state index contributed by atoms with van der Waals surface area (Å²) < 4.78 is 0. The number of carbonyl (C=O) groups is 2. The van der Waals surface area contributed by atoms with E-state index in [9.17, 15) is 9.59 Å². The van der Waals surface area contributed by atoms with E-state index in [0.29, 0.717) is 17.8 Å². The number of thiophene rings is 1. The van der Waals surface area contributed by atoms with Gasteiger partial charge in [-0.3, -0.25) is 9.59 Å². The number of carbonyl (C=O) groups excluding carboxylic acids is 2. The average molecular weight is 371 g/mol. The van der Waals surface area contributed by atoms with Crippen LogP contribution in [0.5, 0.6) is 0 Å². The van der Waals surface area contributed by atoms with Crippen LogP contribution < -0.4 is 5.32 Å². The molecule has 0 saturated heterocycles. The standard InChI is InChI=1S/C18H17N3O2S2/c1-21(2)18(23)13-7-5-12(6-8-13)10-19-16(22)14-11-25-17(20-14)15-4-3-9-24-15/h3-9,11H,10H2,1-2H3,(H,19,22). The first-order valence-electron chi connectivity index (χ1n) is 7.63. The van der Waals surface area contributed by atoms with Crippen molar-refractivity contribution in [3.63, 3.8) is 0 Å². The summed E-state index contributed by atoms with van der Waals surface area (Å²) in [6.07, 6.45) is 0. The summed E-state index contributed by atoms with van der Waals surface area (Å²) in [5.41, 5.74) is 1.98. The van der Waals surface area contributed by atoms with E-state index < -0.39 is 0 Å². The molecule has 0 fully saturated rings. The SMILES string of the molecule is CN(C)C(=O)c1ccc(CNC(=O)c2csc(-c3cccs3)n2)cc1. The van der Waals surface area contributed by atoms with Gasteiger partial charge in [-0.15, -0.1) is 22.7 Å². The summed E-state index contributed by atoms with van der Waals surface area (Å²) in [7, 11) is 3.43.